The summed E-state index contributed by atoms with van der Waals surface area (Å²) < 4.78 is 7.49. The minimum atomic E-state index is -0.973. The monoisotopic (exact) mass is 402 g/mol. The number of rotatable bonds is 5. The van der Waals surface area contributed by atoms with Crippen molar-refractivity contribution in [2.75, 3.05) is 5.32 Å². The predicted molar refractivity (Wildman–Crippen MR) is 117 cm³/mol. The first-order chi connectivity index (χ1) is 14.5. The SMILES string of the molecule is CCn1c2ccccc2c2cc(NC(=O)[C@@H](C)OC(=O)c3ccc(O)cc3)ccc21. The van der Waals surface area contributed by atoms with Gasteiger partial charge in [0, 0.05) is 34.0 Å². The maximum absolute atomic E-state index is 12.6. The fourth-order valence-electron chi connectivity index (χ4n) is 3.60. The Morgan fingerprint density at radius 1 is 1.00 bits per heavy atom. The van der Waals surface area contributed by atoms with Gasteiger partial charge in [-0.1, -0.05) is 18.2 Å². The summed E-state index contributed by atoms with van der Waals surface area (Å²) in [6.07, 6.45) is -0.973. The van der Waals surface area contributed by atoms with Crippen LogP contribution in [0.4, 0.5) is 5.69 Å². The molecular weight excluding hydrogens is 380 g/mol. The Morgan fingerprint density at radius 3 is 2.43 bits per heavy atom. The van der Waals surface area contributed by atoms with Crippen molar-refractivity contribution in [3.8, 4) is 5.75 Å². The normalized spacial score (nSPS) is 12.1. The van der Waals surface area contributed by atoms with Gasteiger partial charge < -0.3 is 19.7 Å². The minimum absolute atomic E-state index is 0.0529. The highest BCUT2D eigenvalue weighted by Gasteiger charge is 2.19. The van der Waals surface area contributed by atoms with Crippen LogP contribution in [0.1, 0.15) is 24.2 Å². The number of aryl methyl sites for hydroxylation is 1. The van der Waals surface area contributed by atoms with E-state index in [9.17, 15) is 14.7 Å². The first-order valence-corrected chi connectivity index (χ1v) is 9.80. The first-order valence-electron chi connectivity index (χ1n) is 9.80. The lowest BCUT2D eigenvalue weighted by atomic mass is 10.1. The molecule has 4 rings (SSSR count). The largest absolute Gasteiger partial charge is 0.508 e. The van der Waals surface area contributed by atoms with Gasteiger partial charge >= 0.3 is 5.97 Å². The van der Waals surface area contributed by atoms with E-state index in [1.807, 2.05) is 30.3 Å². The van der Waals surface area contributed by atoms with E-state index in [1.165, 1.54) is 31.2 Å². The number of fused-ring (bicyclic) bond motifs is 3. The van der Waals surface area contributed by atoms with Crippen molar-refractivity contribution < 1.29 is 19.4 Å². The third-order valence-electron chi connectivity index (χ3n) is 5.11. The number of phenolic OH excluding ortho intramolecular Hbond substituents is 1. The number of para-hydroxylation sites is 1. The number of hydrogen-bond donors (Lipinski definition) is 2. The molecule has 0 aliphatic carbocycles. The summed E-state index contributed by atoms with van der Waals surface area (Å²) in [5.74, 6) is -0.989. The van der Waals surface area contributed by atoms with Crippen molar-refractivity contribution in [2.24, 2.45) is 0 Å². The molecule has 0 aliphatic rings. The van der Waals surface area contributed by atoms with Gasteiger partial charge in [0.15, 0.2) is 6.10 Å². The van der Waals surface area contributed by atoms with Crippen LogP contribution in [0.25, 0.3) is 21.8 Å². The number of benzene rings is 3. The number of nitrogens with zero attached hydrogens (tertiary/aromatic N) is 1. The van der Waals surface area contributed by atoms with E-state index < -0.39 is 18.0 Å². The molecule has 0 fully saturated rings. The third kappa shape index (κ3) is 3.59. The summed E-state index contributed by atoms with van der Waals surface area (Å²) in [4.78, 5) is 24.8. The molecule has 4 aromatic rings. The number of phenols is 1. The number of carbonyl (C=O) groups is 2. The fourth-order valence-corrected chi connectivity index (χ4v) is 3.60. The molecular formula is C24H22N2O4. The van der Waals surface area contributed by atoms with Gasteiger partial charge in [-0.2, -0.15) is 0 Å². The average Bonchev–Trinajstić information content (AvgIpc) is 3.07. The molecule has 0 radical (unpaired) electrons. The zero-order chi connectivity index (χ0) is 21.3. The van der Waals surface area contributed by atoms with Crippen molar-refractivity contribution in [3.05, 3.63) is 72.3 Å². The molecule has 1 heterocycles. The highest BCUT2D eigenvalue weighted by atomic mass is 16.5. The minimum Gasteiger partial charge on any atom is -0.508 e. The fraction of sp³-hybridized carbons (Fsp3) is 0.167. The molecule has 152 valence electrons. The molecule has 2 N–H and O–H groups in total. The van der Waals surface area contributed by atoms with E-state index in [2.05, 4.69) is 28.9 Å². The second-order valence-corrected chi connectivity index (χ2v) is 7.08. The third-order valence-corrected chi connectivity index (χ3v) is 5.11. The molecule has 6 nitrogen and oxygen atoms in total. The van der Waals surface area contributed by atoms with Crippen molar-refractivity contribution in [3.63, 3.8) is 0 Å². The maximum atomic E-state index is 12.6. The summed E-state index contributed by atoms with van der Waals surface area (Å²) in [6, 6.07) is 19.6. The number of aromatic hydroxyl groups is 1. The van der Waals surface area contributed by atoms with Gasteiger partial charge in [0.1, 0.15) is 5.75 Å². The second-order valence-electron chi connectivity index (χ2n) is 7.08. The molecule has 30 heavy (non-hydrogen) atoms. The van der Waals surface area contributed by atoms with Crippen molar-refractivity contribution in [1.29, 1.82) is 0 Å². The van der Waals surface area contributed by atoms with E-state index in [-0.39, 0.29) is 11.3 Å². The topological polar surface area (TPSA) is 80.6 Å². The lowest BCUT2D eigenvalue weighted by Crippen LogP contribution is -2.30. The van der Waals surface area contributed by atoms with Gasteiger partial charge in [-0.25, -0.2) is 4.79 Å². The first kappa shape index (κ1) is 19.5. The van der Waals surface area contributed by atoms with E-state index in [4.69, 9.17) is 4.74 Å². The zero-order valence-corrected chi connectivity index (χ0v) is 16.8. The molecule has 0 saturated carbocycles. The van der Waals surface area contributed by atoms with Gasteiger partial charge in [-0.15, -0.1) is 0 Å². The lowest BCUT2D eigenvalue weighted by molar-refractivity contribution is -0.123. The highest BCUT2D eigenvalue weighted by Crippen LogP contribution is 2.31. The molecule has 0 bridgehead atoms. The lowest BCUT2D eigenvalue weighted by Gasteiger charge is -2.14. The van der Waals surface area contributed by atoms with Crippen LogP contribution in [0.2, 0.25) is 0 Å². The standard InChI is InChI=1S/C24H22N2O4/c1-3-26-21-7-5-4-6-19(21)20-14-17(10-13-22(20)26)25-23(28)15(2)30-24(29)16-8-11-18(27)12-9-16/h4-15,27H,3H2,1-2H3,(H,25,28)/t15-/m1/s1. The Kier molecular flexibility index (Phi) is 5.14. The molecule has 0 unspecified atom stereocenters. The van der Waals surface area contributed by atoms with Gasteiger partial charge in [-0.05, 0) is 62.4 Å². The van der Waals surface area contributed by atoms with E-state index in [1.54, 1.807) is 0 Å². The highest BCUT2D eigenvalue weighted by molar-refractivity contribution is 6.10. The number of aromatic nitrogens is 1. The zero-order valence-electron chi connectivity index (χ0n) is 16.8. The summed E-state index contributed by atoms with van der Waals surface area (Å²) >= 11 is 0. The van der Waals surface area contributed by atoms with Crippen molar-refractivity contribution in [1.82, 2.24) is 4.57 Å². The van der Waals surface area contributed by atoms with Crippen LogP contribution in [0, 0.1) is 0 Å². The molecule has 0 spiro atoms. The van der Waals surface area contributed by atoms with Crippen LogP contribution in [-0.2, 0) is 16.1 Å². The number of esters is 1. The second kappa shape index (κ2) is 7.91. The number of hydrogen-bond acceptors (Lipinski definition) is 4. The van der Waals surface area contributed by atoms with Gasteiger partial charge in [0.25, 0.3) is 5.91 Å². The van der Waals surface area contributed by atoms with E-state index in [0.29, 0.717) is 5.69 Å². The Bertz CT molecular complexity index is 1240. The Balaban J connectivity index is 1.53. The van der Waals surface area contributed by atoms with Crippen LogP contribution in [0.5, 0.6) is 5.75 Å². The van der Waals surface area contributed by atoms with E-state index in [0.717, 1.165) is 28.4 Å². The smallest absolute Gasteiger partial charge is 0.338 e. The predicted octanol–water partition coefficient (Wildman–Crippen LogP) is 4.70. The summed E-state index contributed by atoms with van der Waals surface area (Å²) in [7, 11) is 0. The van der Waals surface area contributed by atoms with Crippen LogP contribution in [0.3, 0.4) is 0 Å². The van der Waals surface area contributed by atoms with Gasteiger partial charge in [0.05, 0.1) is 5.56 Å². The maximum Gasteiger partial charge on any atom is 0.338 e. The van der Waals surface area contributed by atoms with Gasteiger partial charge in [0.2, 0.25) is 0 Å². The number of carbonyl (C=O) groups excluding carboxylic acids is 2. The average molecular weight is 402 g/mol. The number of anilines is 1. The van der Waals surface area contributed by atoms with Crippen molar-refractivity contribution >= 4 is 39.4 Å². The van der Waals surface area contributed by atoms with Crippen LogP contribution < -0.4 is 5.32 Å². The Hall–Kier alpha value is -3.80. The Morgan fingerprint density at radius 2 is 1.70 bits per heavy atom. The molecule has 1 atom stereocenters. The molecule has 1 amide bonds. The van der Waals surface area contributed by atoms with E-state index >= 15 is 0 Å². The number of ether oxygens (including phenoxy) is 1. The van der Waals surface area contributed by atoms with Crippen LogP contribution in [-0.4, -0.2) is 27.7 Å². The van der Waals surface area contributed by atoms with Crippen molar-refractivity contribution in [2.45, 2.75) is 26.5 Å². The molecule has 3 aromatic carbocycles. The number of amides is 1. The van der Waals surface area contributed by atoms with Crippen LogP contribution >= 0.6 is 0 Å². The van der Waals surface area contributed by atoms with Gasteiger partial charge in [-0.3, -0.25) is 4.79 Å². The molecule has 0 aliphatic heterocycles. The quantitative estimate of drug-likeness (QED) is 0.474. The summed E-state index contributed by atoms with van der Waals surface area (Å²) in [5, 5.41) is 14.3. The Labute approximate surface area is 173 Å². The summed E-state index contributed by atoms with van der Waals surface area (Å²) in [5.41, 5.74) is 3.15. The molecule has 6 heteroatoms. The molecule has 1 aromatic heterocycles. The summed E-state index contributed by atoms with van der Waals surface area (Å²) in [6.45, 7) is 4.47. The van der Waals surface area contributed by atoms with Crippen LogP contribution in [0.15, 0.2) is 66.7 Å². The number of nitrogens with one attached hydrogen (secondary N) is 1. The molecule has 0 saturated heterocycles.